The minimum absolute atomic E-state index is 0.0192. The van der Waals surface area contributed by atoms with Gasteiger partial charge in [0.15, 0.2) is 17.0 Å². The Balaban J connectivity index is 1.54. The fourth-order valence-electron chi connectivity index (χ4n) is 4.46. The van der Waals surface area contributed by atoms with E-state index in [1.54, 1.807) is 0 Å². The summed E-state index contributed by atoms with van der Waals surface area (Å²) in [4.78, 5) is 19.2. The molecule has 5 rings (SSSR count). The minimum Gasteiger partial charge on any atom is -0.358 e. The van der Waals surface area contributed by atoms with Crippen molar-refractivity contribution in [2.45, 2.75) is 44.4 Å². The molecule has 1 aromatic carbocycles. The number of piperidine rings is 1. The molecule has 1 N–H and O–H groups in total. The summed E-state index contributed by atoms with van der Waals surface area (Å²) < 4.78 is 8.11. The van der Waals surface area contributed by atoms with Gasteiger partial charge in [-0.25, -0.2) is 4.98 Å². The molecule has 0 amide bonds. The van der Waals surface area contributed by atoms with Gasteiger partial charge in [-0.15, -0.1) is 0 Å². The van der Waals surface area contributed by atoms with Crippen LogP contribution >= 0.6 is 0 Å². The van der Waals surface area contributed by atoms with Crippen molar-refractivity contribution >= 4 is 28.6 Å². The Morgan fingerprint density at radius 1 is 1.13 bits per heavy atom. The van der Waals surface area contributed by atoms with Gasteiger partial charge in [-0.2, -0.15) is 9.97 Å². The van der Waals surface area contributed by atoms with E-state index in [1.807, 2.05) is 30.6 Å². The zero-order valence-corrected chi connectivity index (χ0v) is 18.3. The lowest BCUT2D eigenvalue weighted by Crippen LogP contribution is -2.42. The smallest absolute Gasteiger partial charge is 0.229 e. The molecule has 1 radical (unpaired) electrons. The van der Waals surface area contributed by atoms with Gasteiger partial charge in [0.25, 0.3) is 0 Å². The summed E-state index contributed by atoms with van der Waals surface area (Å²) >= 11 is 0. The third kappa shape index (κ3) is 4.22. The summed E-state index contributed by atoms with van der Waals surface area (Å²) in [6.07, 6.45) is 7.29. The third-order valence-corrected chi connectivity index (χ3v) is 6.41. The fourth-order valence-corrected chi connectivity index (χ4v) is 4.46. The van der Waals surface area contributed by atoms with E-state index < -0.39 is 0 Å². The quantitative estimate of drug-likeness (QED) is 0.676. The Hall–Kier alpha value is -2.71. The second-order valence-electron chi connectivity index (χ2n) is 8.58. The van der Waals surface area contributed by atoms with Gasteiger partial charge in [0.1, 0.15) is 6.23 Å². The Morgan fingerprint density at radius 2 is 1.94 bits per heavy atom. The molecule has 2 saturated heterocycles. The highest BCUT2D eigenvalue weighted by atomic mass is 16.5. The number of imidazole rings is 1. The highest BCUT2D eigenvalue weighted by Gasteiger charge is 2.26. The molecule has 0 bridgehead atoms. The van der Waals surface area contributed by atoms with Gasteiger partial charge in [-0.1, -0.05) is 12.1 Å². The lowest BCUT2D eigenvalue weighted by molar-refractivity contribution is -0.0298. The molecule has 8 nitrogen and oxygen atoms in total. The second kappa shape index (κ2) is 8.80. The molecule has 3 aromatic rings. The van der Waals surface area contributed by atoms with Crippen molar-refractivity contribution in [3.8, 4) is 0 Å². The van der Waals surface area contributed by atoms with Crippen molar-refractivity contribution in [2.75, 3.05) is 44.0 Å². The van der Waals surface area contributed by atoms with Gasteiger partial charge in [0.05, 0.1) is 6.33 Å². The van der Waals surface area contributed by atoms with E-state index in [0.29, 0.717) is 6.04 Å². The van der Waals surface area contributed by atoms with E-state index in [2.05, 4.69) is 44.8 Å². The van der Waals surface area contributed by atoms with Crippen molar-refractivity contribution in [2.24, 2.45) is 0 Å². The first-order valence-corrected chi connectivity index (χ1v) is 11.2. The van der Waals surface area contributed by atoms with Crippen LogP contribution in [0, 0.1) is 6.07 Å². The minimum atomic E-state index is -0.0192. The number of nitrogens with one attached hydrogen (secondary N) is 1. The molecule has 0 aliphatic carbocycles. The predicted octanol–water partition coefficient (Wildman–Crippen LogP) is 3.60. The van der Waals surface area contributed by atoms with Crippen LogP contribution in [0.25, 0.3) is 11.2 Å². The van der Waals surface area contributed by atoms with Crippen LogP contribution < -0.4 is 10.2 Å². The summed E-state index contributed by atoms with van der Waals surface area (Å²) in [5.74, 6) is 1.45. The lowest BCUT2D eigenvalue weighted by atomic mass is 10.0. The largest absolute Gasteiger partial charge is 0.358 e. The number of hydrogen-bond donors (Lipinski definition) is 1. The average Bonchev–Trinajstić information content (AvgIpc) is 3.25. The van der Waals surface area contributed by atoms with Gasteiger partial charge in [0.2, 0.25) is 5.95 Å². The number of likely N-dealkylation sites (tertiary alicyclic amines) is 1. The maximum absolute atomic E-state index is 6.04. The second-order valence-corrected chi connectivity index (χ2v) is 8.58. The molecular formula is C23H30N7O. The number of fused-ring (bicyclic) bond motifs is 1. The van der Waals surface area contributed by atoms with E-state index >= 15 is 0 Å². The Morgan fingerprint density at radius 3 is 2.68 bits per heavy atom. The van der Waals surface area contributed by atoms with Crippen molar-refractivity contribution in [1.29, 1.82) is 0 Å². The SMILES string of the molecule is CN1CCC(N(C)c2nc(Nc3cc[c]cc3)c3ncn(C4CCCCO4)c3n2)CC1. The number of anilines is 3. The summed E-state index contributed by atoms with van der Waals surface area (Å²) in [6, 6.07) is 11.2. The van der Waals surface area contributed by atoms with Gasteiger partial charge in [-0.3, -0.25) is 4.57 Å². The van der Waals surface area contributed by atoms with Gasteiger partial charge in [0, 0.05) is 25.4 Å². The normalized spacial score (nSPS) is 20.8. The van der Waals surface area contributed by atoms with E-state index in [-0.39, 0.29) is 6.23 Å². The fraction of sp³-hybridized carbons (Fsp3) is 0.522. The molecule has 163 valence electrons. The number of aromatic nitrogens is 4. The molecule has 8 heteroatoms. The molecule has 31 heavy (non-hydrogen) atoms. The van der Waals surface area contributed by atoms with E-state index in [1.165, 1.54) is 0 Å². The van der Waals surface area contributed by atoms with Crippen molar-refractivity contribution in [1.82, 2.24) is 24.4 Å². The Kier molecular flexibility index (Phi) is 5.74. The number of ether oxygens (including phenoxy) is 1. The molecule has 2 fully saturated rings. The Labute approximate surface area is 183 Å². The summed E-state index contributed by atoms with van der Waals surface area (Å²) in [5.41, 5.74) is 2.54. The molecule has 2 aromatic heterocycles. The molecule has 1 atom stereocenters. The number of nitrogens with zero attached hydrogens (tertiary/aromatic N) is 6. The van der Waals surface area contributed by atoms with E-state index in [9.17, 15) is 0 Å². The van der Waals surface area contributed by atoms with Crippen LogP contribution in [0.1, 0.15) is 38.3 Å². The van der Waals surface area contributed by atoms with Crippen molar-refractivity contribution < 1.29 is 4.74 Å². The number of hydrogen-bond acceptors (Lipinski definition) is 7. The monoisotopic (exact) mass is 420 g/mol. The molecule has 0 spiro atoms. The predicted molar refractivity (Wildman–Crippen MR) is 122 cm³/mol. The van der Waals surface area contributed by atoms with Gasteiger partial charge in [-0.05, 0) is 70.4 Å². The lowest BCUT2D eigenvalue weighted by Gasteiger charge is -2.35. The first-order chi connectivity index (χ1) is 15.2. The summed E-state index contributed by atoms with van der Waals surface area (Å²) in [6.45, 7) is 2.97. The van der Waals surface area contributed by atoms with E-state index in [4.69, 9.17) is 14.7 Å². The van der Waals surface area contributed by atoms with Gasteiger partial charge < -0.3 is 19.9 Å². The van der Waals surface area contributed by atoms with Crippen LogP contribution in [-0.2, 0) is 4.74 Å². The van der Waals surface area contributed by atoms with Crippen LogP contribution in [0.3, 0.4) is 0 Å². The number of benzene rings is 1. The average molecular weight is 421 g/mol. The van der Waals surface area contributed by atoms with Crippen molar-refractivity contribution in [3.63, 3.8) is 0 Å². The number of rotatable bonds is 5. The zero-order chi connectivity index (χ0) is 21.2. The summed E-state index contributed by atoms with van der Waals surface area (Å²) in [7, 11) is 4.29. The highest BCUT2D eigenvalue weighted by Crippen LogP contribution is 2.31. The molecule has 1 unspecified atom stereocenters. The highest BCUT2D eigenvalue weighted by molar-refractivity contribution is 5.86. The van der Waals surface area contributed by atoms with Gasteiger partial charge >= 0.3 is 0 Å². The van der Waals surface area contributed by atoms with Crippen molar-refractivity contribution in [3.05, 3.63) is 36.7 Å². The maximum Gasteiger partial charge on any atom is 0.229 e. The van der Waals surface area contributed by atoms with Crippen LogP contribution in [0.15, 0.2) is 30.6 Å². The standard InChI is InChI=1S/C23H30N7O/c1-28-13-11-18(12-14-28)29(2)23-26-21(25-17-8-4-3-5-9-17)20-22(27-23)30(16-24-20)19-10-6-7-15-31-19/h4-5,8-9,16,18-19H,6-7,10-15H2,1-2H3,(H,25,26,27). The topological polar surface area (TPSA) is 71.3 Å². The van der Waals surface area contributed by atoms with E-state index in [0.717, 1.165) is 80.4 Å². The first kappa shape index (κ1) is 20.2. The molecule has 2 aliphatic heterocycles. The van der Waals surface area contributed by atoms with Crippen LogP contribution in [0.2, 0.25) is 0 Å². The maximum atomic E-state index is 6.04. The first-order valence-electron chi connectivity index (χ1n) is 11.2. The van der Waals surface area contributed by atoms with Crippen LogP contribution in [-0.4, -0.2) is 64.3 Å². The molecule has 2 aliphatic rings. The van der Waals surface area contributed by atoms with Crippen LogP contribution in [0.4, 0.5) is 17.5 Å². The summed E-state index contributed by atoms with van der Waals surface area (Å²) in [5, 5.41) is 3.45. The third-order valence-electron chi connectivity index (χ3n) is 6.41. The molecular weight excluding hydrogens is 390 g/mol. The molecule has 4 heterocycles. The zero-order valence-electron chi connectivity index (χ0n) is 18.3. The Bertz CT molecular complexity index is 1010. The molecule has 0 saturated carbocycles. The van der Waals surface area contributed by atoms with Crippen LogP contribution in [0.5, 0.6) is 0 Å².